The molecule has 2 aliphatic rings. The van der Waals surface area contributed by atoms with Crippen molar-refractivity contribution in [1.82, 2.24) is 15.0 Å². The summed E-state index contributed by atoms with van der Waals surface area (Å²) in [5.41, 5.74) is 5.34. The molecule has 0 aliphatic carbocycles. The number of nitrogens with one attached hydrogen (secondary N) is 3. The van der Waals surface area contributed by atoms with Gasteiger partial charge in [0.15, 0.2) is 0 Å². The summed E-state index contributed by atoms with van der Waals surface area (Å²) in [5, 5.41) is 10.7. The smallest absolute Gasteiger partial charge is 0.227 e. The minimum Gasteiger partial charge on any atom is -0.381 e. The van der Waals surface area contributed by atoms with Gasteiger partial charge in [-0.25, -0.2) is 15.0 Å². The van der Waals surface area contributed by atoms with Gasteiger partial charge in [0.1, 0.15) is 5.82 Å². The van der Waals surface area contributed by atoms with Crippen LogP contribution in [0.25, 0.3) is 11.3 Å². The van der Waals surface area contributed by atoms with Gasteiger partial charge in [-0.15, -0.1) is 0 Å². The predicted octanol–water partition coefficient (Wildman–Crippen LogP) is 5.13. The summed E-state index contributed by atoms with van der Waals surface area (Å²) in [6.07, 6.45) is 4.39. The van der Waals surface area contributed by atoms with E-state index in [0.717, 1.165) is 65.8 Å². The molecule has 4 heterocycles. The molecule has 0 radical (unpaired) electrons. The van der Waals surface area contributed by atoms with Gasteiger partial charge in [0.25, 0.3) is 0 Å². The Labute approximate surface area is 197 Å². The van der Waals surface area contributed by atoms with Gasteiger partial charge in [-0.05, 0) is 50.1 Å². The maximum absolute atomic E-state index is 6.19. The molecule has 164 valence electrons. The van der Waals surface area contributed by atoms with E-state index in [9.17, 15) is 0 Å². The number of hydrogen-bond donors (Lipinski definition) is 3. The summed E-state index contributed by atoms with van der Waals surface area (Å²) >= 11 is 11.7. The first-order valence-electron chi connectivity index (χ1n) is 10.6. The molecular formula is C23H23ClN6OS. The van der Waals surface area contributed by atoms with E-state index in [-0.39, 0.29) is 0 Å². The molecule has 0 bridgehead atoms. The third-order valence-corrected chi connectivity index (χ3v) is 6.11. The largest absolute Gasteiger partial charge is 0.381 e. The highest BCUT2D eigenvalue weighted by atomic mass is 35.5. The molecule has 0 saturated carbocycles. The molecule has 0 unspecified atom stereocenters. The summed E-state index contributed by atoms with van der Waals surface area (Å²) in [7, 11) is 0. The number of nitrogens with zero attached hydrogens (tertiary/aromatic N) is 3. The van der Waals surface area contributed by atoms with Gasteiger partial charge >= 0.3 is 0 Å². The van der Waals surface area contributed by atoms with E-state index >= 15 is 0 Å². The van der Waals surface area contributed by atoms with Crippen molar-refractivity contribution in [3.05, 3.63) is 52.8 Å². The Kier molecular flexibility index (Phi) is 5.91. The van der Waals surface area contributed by atoms with Crippen LogP contribution in [-0.2, 0) is 11.2 Å². The van der Waals surface area contributed by atoms with Gasteiger partial charge in [0.05, 0.1) is 22.1 Å². The van der Waals surface area contributed by atoms with Crippen LogP contribution in [0.2, 0.25) is 5.02 Å². The minimum atomic E-state index is 0.399. The standard InChI is InChI=1S/C23H23ClN6OS/c1-13-18(4-5-20(26-13)27-16-6-8-31-9-7-16)29-23-25-12-14-10-21(32)28-19-11-15(24)2-3-17(19)22(14)30-23/h2-5,11-12,16H,6-10H2,1H3,(H,26,27)(H,28,32)(H,25,29,30). The second-order valence-corrected chi connectivity index (χ2v) is 8.90. The summed E-state index contributed by atoms with van der Waals surface area (Å²) in [4.78, 5) is 14.7. The Balaban J connectivity index is 1.40. The van der Waals surface area contributed by atoms with Crippen molar-refractivity contribution in [3.8, 4) is 11.3 Å². The van der Waals surface area contributed by atoms with Crippen molar-refractivity contribution < 1.29 is 4.74 Å². The molecule has 3 N–H and O–H groups in total. The summed E-state index contributed by atoms with van der Waals surface area (Å²) < 4.78 is 5.43. The number of halogens is 1. The molecule has 32 heavy (non-hydrogen) atoms. The van der Waals surface area contributed by atoms with Gasteiger partial charge in [-0.2, -0.15) is 0 Å². The fourth-order valence-electron chi connectivity index (χ4n) is 3.97. The second-order valence-electron chi connectivity index (χ2n) is 7.97. The molecule has 1 saturated heterocycles. The van der Waals surface area contributed by atoms with Gasteiger partial charge in [0.2, 0.25) is 5.95 Å². The van der Waals surface area contributed by atoms with Crippen molar-refractivity contribution in [2.45, 2.75) is 32.2 Å². The number of pyridine rings is 1. The molecule has 3 aromatic rings. The van der Waals surface area contributed by atoms with Crippen LogP contribution in [0.5, 0.6) is 0 Å². The molecule has 9 heteroatoms. The zero-order valence-corrected chi connectivity index (χ0v) is 19.2. The minimum absolute atomic E-state index is 0.399. The predicted molar refractivity (Wildman–Crippen MR) is 132 cm³/mol. The Hall–Kier alpha value is -2.81. The number of thiocarbonyl (C=S) groups is 1. The van der Waals surface area contributed by atoms with Gasteiger partial charge in [-0.3, -0.25) is 0 Å². The van der Waals surface area contributed by atoms with E-state index < -0.39 is 0 Å². The lowest BCUT2D eigenvalue weighted by Crippen LogP contribution is -2.28. The van der Waals surface area contributed by atoms with Gasteiger partial charge in [-0.1, -0.05) is 23.8 Å². The van der Waals surface area contributed by atoms with E-state index in [0.29, 0.717) is 28.4 Å². The number of anilines is 4. The Morgan fingerprint density at radius 3 is 2.81 bits per heavy atom. The monoisotopic (exact) mass is 466 g/mol. The number of rotatable bonds is 4. The first kappa shape index (κ1) is 21.1. The summed E-state index contributed by atoms with van der Waals surface area (Å²) in [5.74, 6) is 1.38. The van der Waals surface area contributed by atoms with E-state index in [1.54, 1.807) is 0 Å². The Morgan fingerprint density at radius 1 is 1.16 bits per heavy atom. The number of hydrogen-bond acceptors (Lipinski definition) is 7. The second kappa shape index (κ2) is 8.97. The van der Waals surface area contributed by atoms with Crippen LogP contribution in [0.1, 0.15) is 24.1 Å². The summed E-state index contributed by atoms with van der Waals surface area (Å²) in [6.45, 7) is 3.56. The topological polar surface area (TPSA) is 84.0 Å². The normalized spacial score (nSPS) is 15.9. The lowest BCUT2D eigenvalue weighted by Gasteiger charge is -2.24. The fraction of sp³-hybridized carbons (Fsp3) is 0.304. The number of aryl methyl sites for hydroxylation is 1. The highest BCUT2D eigenvalue weighted by Crippen LogP contribution is 2.35. The zero-order chi connectivity index (χ0) is 22.1. The third-order valence-electron chi connectivity index (χ3n) is 5.63. The van der Waals surface area contributed by atoms with E-state index in [1.165, 1.54) is 0 Å². The van der Waals surface area contributed by atoms with E-state index in [4.69, 9.17) is 38.5 Å². The number of aromatic nitrogens is 3. The molecule has 7 nitrogen and oxygen atoms in total. The van der Waals surface area contributed by atoms with Crippen LogP contribution in [-0.4, -0.2) is 39.2 Å². The van der Waals surface area contributed by atoms with Crippen LogP contribution in [0.3, 0.4) is 0 Å². The molecular weight excluding hydrogens is 444 g/mol. The SMILES string of the molecule is Cc1nc(NC2CCOCC2)ccc1Nc1ncc2c(n1)-c1ccc(Cl)cc1NC(=S)C2. The van der Waals surface area contributed by atoms with Crippen molar-refractivity contribution in [1.29, 1.82) is 0 Å². The lowest BCUT2D eigenvalue weighted by atomic mass is 10.1. The molecule has 1 fully saturated rings. The summed E-state index contributed by atoms with van der Waals surface area (Å²) in [6, 6.07) is 10.1. The molecule has 2 aromatic heterocycles. The van der Waals surface area contributed by atoms with Crippen LogP contribution < -0.4 is 16.0 Å². The molecule has 2 aliphatic heterocycles. The van der Waals surface area contributed by atoms with Crippen molar-refractivity contribution in [3.63, 3.8) is 0 Å². The van der Waals surface area contributed by atoms with Gasteiger partial charge in [0, 0.05) is 53.7 Å². The molecule has 0 spiro atoms. The number of ether oxygens (including phenoxy) is 1. The van der Waals surface area contributed by atoms with E-state index in [1.807, 2.05) is 43.5 Å². The van der Waals surface area contributed by atoms with Crippen LogP contribution in [0.15, 0.2) is 36.5 Å². The molecule has 5 rings (SSSR count). The van der Waals surface area contributed by atoms with Crippen molar-refractivity contribution >= 4 is 51.9 Å². The number of fused-ring (bicyclic) bond motifs is 3. The maximum Gasteiger partial charge on any atom is 0.227 e. The highest BCUT2D eigenvalue weighted by molar-refractivity contribution is 7.80. The van der Waals surface area contributed by atoms with E-state index in [2.05, 4.69) is 20.9 Å². The van der Waals surface area contributed by atoms with Crippen LogP contribution in [0.4, 0.5) is 23.1 Å². The van der Waals surface area contributed by atoms with Gasteiger partial charge < -0.3 is 20.7 Å². The molecule has 0 atom stereocenters. The molecule has 0 amide bonds. The fourth-order valence-corrected chi connectivity index (χ4v) is 4.41. The average Bonchev–Trinajstić information content (AvgIpc) is 2.91. The quantitative estimate of drug-likeness (QED) is 0.456. The van der Waals surface area contributed by atoms with Crippen LogP contribution >= 0.6 is 23.8 Å². The Morgan fingerprint density at radius 2 is 2.00 bits per heavy atom. The van der Waals surface area contributed by atoms with Crippen molar-refractivity contribution in [2.24, 2.45) is 0 Å². The zero-order valence-electron chi connectivity index (χ0n) is 17.6. The molecule has 1 aromatic carbocycles. The van der Waals surface area contributed by atoms with Crippen molar-refractivity contribution in [2.75, 3.05) is 29.2 Å². The average molecular weight is 467 g/mol. The highest BCUT2D eigenvalue weighted by Gasteiger charge is 2.20. The lowest BCUT2D eigenvalue weighted by molar-refractivity contribution is 0.0904. The number of benzene rings is 1. The third kappa shape index (κ3) is 4.53. The first-order chi connectivity index (χ1) is 15.5. The Bertz CT molecular complexity index is 1180. The maximum atomic E-state index is 6.19. The first-order valence-corrected chi connectivity index (χ1v) is 11.4. The van der Waals surface area contributed by atoms with Crippen LogP contribution in [0, 0.1) is 6.92 Å².